The van der Waals surface area contributed by atoms with Crippen molar-refractivity contribution in [2.75, 3.05) is 0 Å². The molecule has 2 N–H and O–H groups in total. The highest BCUT2D eigenvalue weighted by Gasteiger charge is 2.11. The van der Waals surface area contributed by atoms with Crippen LogP contribution in [0.1, 0.15) is 32.6 Å². The molecule has 4 heteroatoms. The fraction of sp³-hybridized carbons (Fsp3) is 0.176. The molecule has 0 aliphatic rings. The molecule has 0 amide bonds. The summed E-state index contributed by atoms with van der Waals surface area (Å²) in [7, 11) is 0. The molecule has 0 fully saturated rings. The first-order chi connectivity index (χ1) is 9.97. The first-order valence-corrected chi connectivity index (χ1v) is 6.66. The molecule has 108 valence electrons. The van der Waals surface area contributed by atoms with Gasteiger partial charge in [0.2, 0.25) is 0 Å². The standard InChI is InChI=1S/C17H18N2O2/c1-11-5-4-6-14(10-11)16(18)19-21-17(20)15-8-7-12(2)9-13(15)3/h4-10H,1-3H3,(H2,18,19). The molecule has 0 heterocycles. The van der Waals surface area contributed by atoms with Gasteiger partial charge >= 0.3 is 5.97 Å². The molecule has 0 aliphatic heterocycles. The molecule has 0 unspecified atom stereocenters. The zero-order chi connectivity index (χ0) is 15.4. The second kappa shape index (κ2) is 6.22. The maximum absolute atomic E-state index is 12.0. The van der Waals surface area contributed by atoms with E-state index in [4.69, 9.17) is 10.6 Å². The van der Waals surface area contributed by atoms with Crippen molar-refractivity contribution in [2.45, 2.75) is 20.8 Å². The predicted molar refractivity (Wildman–Crippen MR) is 83.2 cm³/mol. The maximum atomic E-state index is 12.0. The predicted octanol–water partition coefficient (Wildman–Crippen LogP) is 3.09. The summed E-state index contributed by atoms with van der Waals surface area (Å²) in [5.74, 6) is -0.333. The van der Waals surface area contributed by atoms with Gasteiger partial charge < -0.3 is 10.6 Å². The molecule has 0 radical (unpaired) electrons. The van der Waals surface area contributed by atoms with Crippen molar-refractivity contribution in [3.63, 3.8) is 0 Å². The summed E-state index contributed by atoms with van der Waals surface area (Å²) >= 11 is 0. The van der Waals surface area contributed by atoms with Crippen molar-refractivity contribution >= 4 is 11.8 Å². The minimum Gasteiger partial charge on any atom is -0.380 e. The third kappa shape index (κ3) is 3.69. The van der Waals surface area contributed by atoms with Gasteiger partial charge in [0.05, 0.1) is 5.56 Å². The minimum atomic E-state index is -0.511. The highest BCUT2D eigenvalue weighted by Crippen LogP contribution is 2.12. The van der Waals surface area contributed by atoms with E-state index in [1.165, 1.54) is 0 Å². The van der Waals surface area contributed by atoms with Crippen LogP contribution in [0.2, 0.25) is 0 Å². The normalized spacial score (nSPS) is 11.3. The fourth-order valence-corrected chi connectivity index (χ4v) is 2.04. The topological polar surface area (TPSA) is 64.7 Å². The summed E-state index contributed by atoms with van der Waals surface area (Å²) in [5, 5.41) is 3.72. The quantitative estimate of drug-likeness (QED) is 0.407. The first-order valence-electron chi connectivity index (χ1n) is 6.66. The Morgan fingerprint density at radius 3 is 2.43 bits per heavy atom. The molecule has 4 nitrogen and oxygen atoms in total. The van der Waals surface area contributed by atoms with Crippen LogP contribution < -0.4 is 5.73 Å². The molecule has 0 atom stereocenters. The number of benzene rings is 2. The average Bonchev–Trinajstić information content (AvgIpc) is 2.44. The Morgan fingerprint density at radius 2 is 1.76 bits per heavy atom. The van der Waals surface area contributed by atoms with E-state index in [1.54, 1.807) is 6.07 Å². The molecule has 0 saturated carbocycles. The highest BCUT2D eigenvalue weighted by molar-refractivity contribution is 5.98. The van der Waals surface area contributed by atoms with Crippen LogP contribution in [0.3, 0.4) is 0 Å². The van der Waals surface area contributed by atoms with Gasteiger partial charge in [0, 0.05) is 5.56 Å². The lowest BCUT2D eigenvalue weighted by molar-refractivity contribution is 0.0515. The summed E-state index contributed by atoms with van der Waals surface area (Å²) < 4.78 is 0. The van der Waals surface area contributed by atoms with E-state index in [2.05, 4.69) is 5.16 Å². The van der Waals surface area contributed by atoms with Crippen LogP contribution in [-0.4, -0.2) is 11.8 Å². The third-order valence-electron chi connectivity index (χ3n) is 3.14. The van der Waals surface area contributed by atoms with Crippen molar-refractivity contribution in [1.82, 2.24) is 0 Å². The SMILES string of the molecule is Cc1cccc(/C(N)=N\OC(=O)c2ccc(C)cc2C)c1. The highest BCUT2D eigenvalue weighted by atomic mass is 16.7. The molecule has 2 rings (SSSR count). The van der Waals surface area contributed by atoms with Gasteiger partial charge in [-0.05, 0) is 38.5 Å². The van der Waals surface area contributed by atoms with Gasteiger partial charge in [-0.25, -0.2) is 4.79 Å². The van der Waals surface area contributed by atoms with Gasteiger partial charge in [0.15, 0.2) is 5.84 Å². The van der Waals surface area contributed by atoms with Crippen molar-refractivity contribution in [1.29, 1.82) is 0 Å². The van der Waals surface area contributed by atoms with Gasteiger partial charge in [-0.15, -0.1) is 0 Å². The number of oxime groups is 1. The van der Waals surface area contributed by atoms with E-state index in [9.17, 15) is 4.79 Å². The molecular formula is C17H18N2O2. The summed E-state index contributed by atoms with van der Waals surface area (Å²) in [6, 6.07) is 13.0. The van der Waals surface area contributed by atoms with Crippen LogP contribution in [0, 0.1) is 20.8 Å². The number of nitrogens with two attached hydrogens (primary N) is 1. The van der Waals surface area contributed by atoms with E-state index in [0.717, 1.165) is 22.3 Å². The lowest BCUT2D eigenvalue weighted by Gasteiger charge is -2.05. The summed E-state index contributed by atoms with van der Waals surface area (Å²) in [4.78, 5) is 16.9. The van der Waals surface area contributed by atoms with Crippen molar-refractivity contribution in [3.8, 4) is 0 Å². The number of rotatable bonds is 3. The Labute approximate surface area is 124 Å². The number of aryl methyl sites for hydroxylation is 3. The van der Waals surface area contributed by atoms with Crippen LogP contribution in [0.15, 0.2) is 47.6 Å². The Morgan fingerprint density at radius 1 is 1.05 bits per heavy atom. The maximum Gasteiger partial charge on any atom is 0.366 e. The zero-order valence-corrected chi connectivity index (χ0v) is 12.4. The zero-order valence-electron chi connectivity index (χ0n) is 12.4. The van der Waals surface area contributed by atoms with Gasteiger partial charge in [-0.1, -0.05) is 46.6 Å². The fourth-order valence-electron chi connectivity index (χ4n) is 2.04. The number of hydrogen-bond acceptors (Lipinski definition) is 3. The Bertz CT molecular complexity index is 706. The van der Waals surface area contributed by atoms with Crippen molar-refractivity contribution in [3.05, 3.63) is 70.3 Å². The largest absolute Gasteiger partial charge is 0.380 e. The second-order valence-electron chi connectivity index (χ2n) is 5.04. The van der Waals surface area contributed by atoms with Gasteiger partial charge in [-0.3, -0.25) is 0 Å². The first kappa shape index (κ1) is 14.8. The molecule has 0 aromatic heterocycles. The molecule has 0 spiro atoms. The van der Waals surface area contributed by atoms with E-state index in [-0.39, 0.29) is 5.84 Å². The number of nitrogens with zero attached hydrogens (tertiary/aromatic N) is 1. The Balaban J connectivity index is 2.14. The molecule has 2 aromatic rings. The lowest BCUT2D eigenvalue weighted by Crippen LogP contribution is -2.15. The van der Waals surface area contributed by atoms with Gasteiger partial charge in [0.25, 0.3) is 0 Å². The van der Waals surface area contributed by atoms with E-state index >= 15 is 0 Å². The number of hydrogen-bond donors (Lipinski definition) is 1. The Hall–Kier alpha value is -2.62. The number of carbonyl (C=O) groups excluding carboxylic acids is 1. The summed E-state index contributed by atoms with van der Waals surface area (Å²) in [5.41, 5.74) is 10.0. The van der Waals surface area contributed by atoms with E-state index < -0.39 is 5.97 Å². The van der Waals surface area contributed by atoms with Crippen molar-refractivity contribution < 1.29 is 9.63 Å². The second-order valence-corrected chi connectivity index (χ2v) is 5.04. The molecule has 0 bridgehead atoms. The monoisotopic (exact) mass is 282 g/mol. The third-order valence-corrected chi connectivity index (χ3v) is 3.14. The number of carbonyl (C=O) groups is 1. The molecule has 2 aromatic carbocycles. The average molecular weight is 282 g/mol. The van der Waals surface area contributed by atoms with Crippen LogP contribution in [0.5, 0.6) is 0 Å². The van der Waals surface area contributed by atoms with E-state index in [1.807, 2.05) is 57.2 Å². The van der Waals surface area contributed by atoms with Crippen LogP contribution in [0.4, 0.5) is 0 Å². The van der Waals surface area contributed by atoms with Crippen LogP contribution in [0.25, 0.3) is 0 Å². The van der Waals surface area contributed by atoms with Gasteiger partial charge in [0.1, 0.15) is 0 Å². The van der Waals surface area contributed by atoms with Gasteiger partial charge in [-0.2, -0.15) is 0 Å². The van der Waals surface area contributed by atoms with Crippen LogP contribution in [-0.2, 0) is 4.84 Å². The van der Waals surface area contributed by atoms with Crippen LogP contribution >= 0.6 is 0 Å². The molecule has 0 aliphatic carbocycles. The molecule has 0 saturated heterocycles. The summed E-state index contributed by atoms with van der Waals surface area (Å²) in [6.07, 6.45) is 0. The summed E-state index contributed by atoms with van der Waals surface area (Å²) in [6.45, 7) is 5.78. The van der Waals surface area contributed by atoms with E-state index in [0.29, 0.717) is 5.56 Å². The lowest BCUT2D eigenvalue weighted by atomic mass is 10.1. The Kier molecular flexibility index (Phi) is 4.38. The van der Waals surface area contributed by atoms with Crippen molar-refractivity contribution in [2.24, 2.45) is 10.9 Å². The molecular weight excluding hydrogens is 264 g/mol. The molecule has 21 heavy (non-hydrogen) atoms. The number of amidine groups is 1. The minimum absolute atomic E-state index is 0.178. The smallest absolute Gasteiger partial charge is 0.366 e.